The van der Waals surface area contributed by atoms with Gasteiger partial charge in [-0.15, -0.1) is 23.5 Å². The van der Waals surface area contributed by atoms with E-state index >= 15 is 0 Å². The van der Waals surface area contributed by atoms with Crippen LogP contribution in [0.25, 0.3) is 0 Å². The van der Waals surface area contributed by atoms with Gasteiger partial charge in [-0.2, -0.15) is 0 Å². The fourth-order valence-electron chi connectivity index (χ4n) is 5.29. The van der Waals surface area contributed by atoms with Crippen LogP contribution in [0.1, 0.15) is 76.7 Å². The van der Waals surface area contributed by atoms with Gasteiger partial charge in [-0.25, -0.2) is 4.98 Å². The summed E-state index contributed by atoms with van der Waals surface area (Å²) in [4.78, 5) is 88.4. The van der Waals surface area contributed by atoms with Gasteiger partial charge in [0.2, 0.25) is 23.5 Å². The van der Waals surface area contributed by atoms with E-state index in [2.05, 4.69) is 31.2 Å². The van der Waals surface area contributed by atoms with Crippen LogP contribution in [0, 0.1) is 5.41 Å². The van der Waals surface area contributed by atoms with Gasteiger partial charge >= 0.3 is 0 Å². The molecule has 1 aromatic rings. The molecule has 0 unspecified atom stereocenters. The maximum absolute atomic E-state index is 14.3. The average molecular weight is 662 g/mol. The van der Waals surface area contributed by atoms with E-state index in [9.17, 15) is 28.8 Å². The second-order valence-electron chi connectivity index (χ2n) is 12.7. The van der Waals surface area contributed by atoms with E-state index in [1.807, 2.05) is 27.7 Å². The lowest BCUT2D eigenvalue weighted by Crippen LogP contribution is -2.59. The minimum atomic E-state index is -1.01. The summed E-state index contributed by atoms with van der Waals surface area (Å²) in [6.45, 7) is 7.21. The molecule has 13 nitrogen and oxygen atoms in total. The molecule has 0 aromatic carbocycles. The Morgan fingerprint density at radius 2 is 1.78 bits per heavy atom. The van der Waals surface area contributed by atoms with Gasteiger partial charge in [0.25, 0.3) is 11.8 Å². The van der Waals surface area contributed by atoms with E-state index in [1.54, 1.807) is 23.5 Å². The Kier molecular flexibility index (Phi) is 11.5. The highest BCUT2D eigenvalue weighted by Gasteiger charge is 2.53. The van der Waals surface area contributed by atoms with Crippen LogP contribution >= 0.6 is 23.5 Å². The predicted molar refractivity (Wildman–Crippen MR) is 171 cm³/mol. The Hall–Kier alpha value is -3.20. The van der Waals surface area contributed by atoms with Gasteiger partial charge in [0, 0.05) is 31.4 Å². The lowest BCUT2D eigenvalue weighted by molar-refractivity contribution is -0.145. The molecular weight excluding hydrogens is 619 g/mol. The van der Waals surface area contributed by atoms with Crippen molar-refractivity contribution in [2.75, 3.05) is 24.6 Å². The highest BCUT2D eigenvalue weighted by atomic mass is 32.2. The minimum Gasteiger partial charge on any atom is -0.347 e. The number of Topliss-reactive ketones (excluding diaryl/α,β-unsaturated/α-hetero) is 1. The van der Waals surface area contributed by atoms with Crippen LogP contribution in [0.2, 0.25) is 0 Å². The number of carbonyl (C=O) groups is 6. The van der Waals surface area contributed by atoms with Crippen molar-refractivity contribution in [3.63, 3.8) is 0 Å². The number of likely N-dealkylation sites (tertiary alicyclic amines) is 1. The molecule has 4 rings (SSSR count). The van der Waals surface area contributed by atoms with Crippen LogP contribution < -0.4 is 21.3 Å². The van der Waals surface area contributed by atoms with Crippen LogP contribution in [0.4, 0.5) is 0 Å². The van der Waals surface area contributed by atoms with Crippen molar-refractivity contribution in [1.29, 1.82) is 0 Å². The maximum Gasteiger partial charge on any atom is 0.289 e. The Balaban J connectivity index is 1.50. The molecule has 3 atom stereocenters. The van der Waals surface area contributed by atoms with Crippen LogP contribution in [0.15, 0.2) is 18.6 Å². The number of nitrogens with one attached hydrogen (secondary N) is 4. The zero-order valence-corrected chi connectivity index (χ0v) is 27.9. The maximum atomic E-state index is 14.3. The molecule has 4 N–H and O–H groups in total. The third-order valence-electron chi connectivity index (χ3n) is 7.87. The molecule has 2 saturated heterocycles. The summed E-state index contributed by atoms with van der Waals surface area (Å²) in [5.74, 6) is -1.67. The van der Waals surface area contributed by atoms with Gasteiger partial charge in [-0.05, 0) is 42.6 Å². The number of nitrogens with zero attached hydrogens (tertiary/aromatic N) is 3. The normalized spacial score (nSPS) is 20.5. The van der Waals surface area contributed by atoms with Crippen molar-refractivity contribution < 1.29 is 28.8 Å². The second kappa shape index (κ2) is 14.9. The molecule has 1 saturated carbocycles. The standard InChI is InChI=1S/C30H43N7O6S2/c1-5-7-19(23(39)27(42)34-18-8-9-18)35-26(41)21-14-30(44-12-6-13-45-30)17-37(21)28(43)24(29(2,3)4)36-22(38)16-33-25(40)20-15-31-10-11-32-20/h10-11,15,18-19,21,24H,5-9,12-14,16-17H2,1-4H3,(H,33,40)(H,34,42)(H,35,41)(H,36,38)/t19-,21-,24+/m0/s1. The molecule has 15 heteroatoms. The van der Waals surface area contributed by atoms with E-state index in [0.717, 1.165) is 30.8 Å². The highest BCUT2D eigenvalue weighted by Crippen LogP contribution is 2.50. The van der Waals surface area contributed by atoms with Crippen LogP contribution in [0.3, 0.4) is 0 Å². The smallest absolute Gasteiger partial charge is 0.289 e. The van der Waals surface area contributed by atoms with E-state index in [1.165, 1.54) is 23.5 Å². The third-order valence-corrected chi connectivity index (χ3v) is 11.2. The summed E-state index contributed by atoms with van der Waals surface area (Å²) in [5, 5.41) is 10.8. The molecular formula is C30H43N7O6S2. The number of amides is 5. The SMILES string of the molecule is CCC[C@H](NC(=O)[C@@H]1CC2(CN1C(=O)[C@@H](NC(=O)CNC(=O)c1cnccn1)C(C)(C)C)SCCCS2)C(=O)C(=O)NC1CC1. The number of carbonyl (C=O) groups excluding carboxylic acids is 6. The fourth-order valence-corrected chi connectivity index (χ4v) is 8.64. The summed E-state index contributed by atoms with van der Waals surface area (Å²) in [7, 11) is 0. The molecule has 5 amide bonds. The van der Waals surface area contributed by atoms with Gasteiger partial charge in [-0.3, -0.25) is 33.8 Å². The van der Waals surface area contributed by atoms with Crippen molar-refractivity contribution in [2.45, 2.75) is 94.5 Å². The molecule has 3 heterocycles. The van der Waals surface area contributed by atoms with Crippen molar-refractivity contribution >= 4 is 58.8 Å². The van der Waals surface area contributed by atoms with Gasteiger partial charge < -0.3 is 26.2 Å². The lowest BCUT2D eigenvalue weighted by Gasteiger charge is -2.36. The Labute approximate surface area is 272 Å². The number of hydrogen-bond acceptors (Lipinski definition) is 10. The Bertz CT molecular complexity index is 1280. The quantitative estimate of drug-likeness (QED) is 0.237. The fraction of sp³-hybridized carbons (Fsp3) is 0.667. The molecule has 0 radical (unpaired) electrons. The molecule has 1 spiro atoms. The molecule has 3 fully saturated rings. The van der Waals surface area contributed by atoms with Gasteiger partial charge in [-0.1, -0.05) is 34.1 Å². The number of thioether (sulfide) groups is 2. The summed E-state index contributed by atoms with van der Waals surface area (Å²) in [6.07, 6.45) is 8.00. The first-order valence-electron chi connectivity index (χ1n) is 15.4. The van der Waals surface area contributed by atoms with E-state index in [4.69, 9.17) is 0 Å². The number of rotatable bonds is 12. The van der Waals surface area contributed by atoms with Gasteiger partial charge in [0.15, 0.2) is 0 Å². The zero-order chi connectivity index (χ0) is 32.8. The Morgan fingerprint density at radius 3 is 2.38 bits per heavy atom. The largest absolute Gasteiger partial charge is 0.347 e. The molecule has 3 aliphatic rings. The molecule has 246 valence electrons. The van der Waals surface area contributed by atoms with Crippen LogP contribution in [-0.2, 0) is 24.0 Å². The van der Waals surface area contributed by atoms with E-state index in [0.29, 0.717) is 25.8 Å². The summed E-state index contributed by atoms with van der Waals surface area (Å²) in [6, 6.07) is -2.91. The first kappa shape index (κ1) is 34.7. The van der Waals surface area contributed by atoms with Crippen molar-refractivity contribution in [3.8, 4) is 0 Å². The molecule has 1 aromatic heterocycles. The van der Waals surface area contributed by atoms with Crippen molar-refractivity contribution in [3.05, 3.63) is 24.3 Å². The van der Waals surface area contributed by atoms with Crippen LogP contribution in [-0.4, -0.2) is 103 Å². The molecule has 0 bridgehead atoms. The Morgan fingerprint density at radius 1 is 1.07 bits per heavy atom. The first-order valence-corrected chi connectivity index (χ1v) is 17.4. The topological polar surface area (TPSA) is 180 Å². The number of aromatic nitrogens is 2. The second-order valence-corrected chi connectivity index (χ2v) is 16.0. The number of ketones is 1. The monoisotopic (exact) mass is 661 g/mol. The van der Waals surface area contributed by atoms with E-state index in [-0.39, 0.29) is 11.7 Å². The first-order chi connectivity index (χ1) is 21.3. The summed E-state index contributed by atoms with van der Waals surface area (Å²) < 4.78 is -0.402. The van der Waals surface area contributed by atoms with Gasteiger partial charge in [0.1, 0.15) is 17.8 Å². The minimum absolute atomic E-state index is 0.00691. The number of hydrogen-bond donors (Lipinski definition) is 4. The molecule has 2 aliphatic heterocycles. The van der Waals surface area contributed by atoms with E-state index < -0.39 is 69.5 Å². The zero-order valence-electron chi connectivity index (χ0n) is 26.2. The molecule has 45 heavy (non-hydrogen) atoms. The predicted octanol–water partition coefficient (Wildman–Crippen LogP) is 1.04. The average Bonchev–Trinajstić information content (AvgIpc) is 3.76. The summed E-state index contributed by atoms with van der Waals surface area (Å²) >= 11 is 3.45. The van der Waals surface area contributed by atoms with Crippen LogP contribution in [0.5, 0.6) is 0 Å². The van der Waals surface area contributed by atoms with Crippen molar-refractivity contribution in [2.24, 2.45) is 5.41 Å². The summed E-state index contributed by atoms with van der Waals surface area (Å²) in [5.41, 5.74) is -0.690. The van der Waals surface area contributed by atoms with Crippen molar-refractivity contribution in [1.82, 2.24) is 36.1 Å². The lowest BCUT2D eigenvalue weighted by atomic mass is 9.85. The highest BCUT2D eigenvalue weighted by molar-refractivity contribution is 8.18. The van der Waals surface area contributed by atoms with Gasteiger partial charge in [0.05, 0.1) is 22.9 Å². The molecule has 1 aliphatic carbocycles. The third kappa shape index (κ3) is 9.18.